The van der Waals surface area contributed by atoms with E-state index in [-0.39, 0.29) is 23.2 Å². The van der Waals surface area contributed by atoms with Crippen LogP contribution in [0.2, 0.25) is 0 Å². The molecule has 1 saturated carbocycles. The highest BCUT2D eigenvalue weighted by Gasteiger charge is 2.36. The van der Waals surface area contributed by atoms with Gasteiger partial charge in [0.15, 0.2) is 0 Å². The Morgan fingerprint density at radius 2 is 2.20 bits per heavy atom. The summed E-state index contributed by atoms with van der Waals surface area (Å²) < 4.78 is 15.4. The summed E-state index contributed by atoms with van der Waals surface area (Å²) in [5.74, 6) is 0.437. The highest BCUT2D eigenvalue weighted by Crippen LogP contribution is 2.41. The van der Waals surface area contributed by atoms with Crippen LogP contribution in [0.3, 0.4) is 0 Å². The Labute approximate surface area is 147 Å². The SMILES string of the molecule is CC1(C)Cc2c(cnn2-c2cccc(F)c2)[C@@H](NC(=O)CC2CC2)C1. The van der Waals surface area contributed by atoms with E-state index in [9.17, 15) is 9.18 Å². The van der Waals surface area contributed by atoms with Crippen molar-refractivity contribution in [2.75, 3.05) is 0 Å². The number of hydrogen-bond acceptors (Lipinski definition) is 2. The van der Waals surface area contributed by atoms with E-state index in [4.69, 9.17) is 0 Å². The molecule has 25 heavy (non-hydrogen) atoms. The van der Waals surface area contributed by atoms with Gasteiger partial charge in [-0.3, -0.25) is 4.79 Å². The van der Waals surface area contributed by atoms with Crippen LogP contribution in [0.15, 0.2) is 30.5 Å². The molecule has 0 saturated heterocycles. The van der Waals surface area contributed by atoms with Gasteiger partial charge in [-0.05, 0) is 55.2 Å². The highest BCUT2D eigenvalue weighted by atomic mass is 19.1. The van der Waals surface area contributed by atoms with Gasteiger partial charge in [-0.15, -0.1) is 0 Å². The molecule has 4 nitrogen and oxygen atoms in total. The molecule has 1 heterocycles. The second-order valence-electron chi connectivity index (χ2n) is 8.25. The molecule has 1 N–H and O–H groups in total. The van der Waals surface area contributed by atoms with E-state index in [1.807, 2.05) is 16.9 Å². The van der Waals surface area contributed by atoms with Gasteiger partial charge in [0, 0.05) is 12.0 Å². The van der Waals surface area contributed by atoms with Crippen LogP contribution in [0.1, 0.15) is 56.8 Å². The molecule has 1 aromatic heterocycles. The fourth-order valence-electron chi connectivity index (χ4n) is 3.84. The van der Waals surface area contributed by atoms with Crippen molar-refractivity contribution >= 4 is 5.91 Å². The van der Waals surface area contributed by atoms with E-state index < -0.39 is 0 Å². The zero-order chi connectivity index (χ0) is 17.6. The standard InChI is InChI=1S/C20H24FN3O/c1-20(2)10-17(23-19(25)8-13-6-7-13)16-12-22-24(18(16)11-20)15-5-3-4-14(21)9-15/h3-5,9,12-13,17H,6-8,10-11H2,1-2H3,(H,23,25)/t17-/m0/s1. The minimum Gasteiger partial charge on any atom is -0.349 e. The Kier molecular flexibility index (Phi) is 3.89. The topological polar surface area (TPSA) is 46.9 Å². The predicted molar refractivity (Wildman–Crippen MR) is 93.8 cm³/mol. The number of benzene rings is 1. The minimum absolute atomic E-state index is 0.0210. The minimum atomic E-state index is -0.272. The molecule has 0 unspecified atom stereocenters. The van der Waals surface area contributed by atoms with Crippen LogP contribution in [-0.4, -0.2) is 15.7 Å². The number of carbonyl (C=O) groups is 1. The van der Waals surface area contributed by atoms with Gasteiger partial charge in [-0.1, -0.05) is 19.9 Å². The Balaban J connectivity index is 1.65. The largest absolute Gasteiger partial charge is 0.349 e. The van der Waals surface area contributed by atoms with Crippen molar-refractivity contribution in [2.45, 2.75) is 52.0 Å². The number of rotatable bonds is 4. The van der Waals surface area contributed by atoms with Gasteiger partial charge in [-0.2, -0.15) is 5.10 Å². The lowest BCUT2D eigenvalue weighted by Crippen LogP contribution is -2.36. The first-order chi connectivity index (χ1) is 11.9. The van der Waals surface area contributed by atoms with E-state index in [1.165, 1.54) is 25.0 Å². The zero-order valence-electron chi connectivity index (χ0n) is 14.8. The molecule has 0 aliphatic heterocycles. The molecular formula is C20H24FN3O. The van der Waals surface area contributed by atoms with Crippen molar-refractivity contribution in [2.24, 2.45) is 11.3 Å². The summed E-state index contributed by atoms with van der Waals surface area (Å²) in [4.78, 5) is 12.3. The molecule has 1 amide bonds. The molecule has 4 rings (SSSR count). The third-order valence-corrected chi connectivity index (χ3v) is 5.24. The van der Waals surface area contributed by atoms with Crippen LogP contribution >= 0.6 is 0 Å². The lowest BCUT2D eigenvalue weighted by Gasteiger charge is -2.36. The van der Waals surface area contributed by atoms with E-state index in [2.05, 4.69) is 24.3 Å². The van der Waals surface area contributed by atoms with Crippen molar-refractivity contribution in [1.29, 1.82) is 0 Å². The number of halogens is 1. The molecule has 2 aliphatic rings. The molecule has 1 atom stereocenters. The van der Waals surface area contributed by atoms with Gasteiger partial charge in [0.2, 0.25) is 5.91 Å². The molecule has 1 aromatic carbocycles. The summed E-state index contributed by atoms with van der Waals surface area (Å²) >= 11 is 0. The third kappa shape index (κ3) is 3.46. The summed E-state index contributed by atoms with van der Waals surface area (Å²) in [7, 11) is 0. The zero-order valence-corrected chi connectivity index (χ0v) is 14.8. The number of fused-ring (bicyclic) bond motifs is 1. The maximum absolute atomic E-state index is 13.6. The fourth-order valence-corrected chi connectivity index (χ4v) is 3.84. The smallest absolute Gasteiger partial charge is 0.220 e. The maximum atomic E-state index is 13.6. The predicted octanol–water partition coefficient (Wildman–Crippen LogP) is 3.94. The monoisotopic (exact) mass is 341 g/mol. The van der Waals surface area contributed by atoms with Crippen LogP contribution in [0.4, 0.5) is 4.39 Å². The van der Waals surface area contributed by atoms with Gasteiger partial charge in [0.1, 0.15) is 5.82 Å². The van der Waals surface area contributed by atoms with E-state index in [0.717, 1.165) is 29.8 Å². The normalized spacial score (nSPS) is 21.6. The van der Waals surface area contributed by atoms with Crippen molar-refractivity contribution in [1.82, 2.24) is 15.1 Å². The number of amides is 1. The number of nitrogens with zero attached hydrogens (tertiary/aromatic N) is 2. The van der Waals surface area contributed by atoms with Crippen molar-refractivity contribution < 1.29 is 9.18 Å². The molecule has 2 aromatic rings. The highest BCUT2D eigenvalue weighted by molar-refractivity contribution is 5.77. The number of aromatic nitrogens is 2. The molecule has 0 bridgehead atoms. The van der Waals surface area contributed by atoms with E-state index in [1.54, 1.807) is 6.07 Å². The first-order valence-corrected chi connectivity index (χ1v) is 9.03. The summed E-state index contributed by atoms with van der Waals surface area (Å²) in [5.41, 5.74) is 2.91. The molecule has 2 aliphatic carbocycles. The number of hydrogen-bond donors (Lipinski definition) is 1. The summed E-state index contributed by atoms with van der Waals surface area (Å²) in [6, 6.07) is 6.47. The van der Waals surface area contributed by atoms with Crippen LogP contribution in [0.5, 0.6) is 0 Å². The molecule has 5 heteroatoms. The molecule has 0 spiro atoms. The third-order valence-electron chi connectivity index (χ3n) is 5.24. The van der Waals surface area contributed by atoms with Gasteiger partial charge < -0.3 is 5.32 Å². The molecule has 0 radical (unpaired) electrons. The van der Waals surface area contributed by atoms with Crippen molar-refractivity contribution in [3.05, 3.63) is 47.5 Å². The number of nitrogens with one attached hydrogen (secondary N) is 1. The van der Waals surface area contributed by atoms with Gasteiger partial charge in [0.05, 0.1) is 23.6 Å². The second-order valence-corrected chi connectivity index (χ2v) is 8.25. The first-order valence-electron chi connectivity index (χ1n) is 9.03. The summed E-state index contributed by atoms with van der Waals surface area (Å²) in [6.07, 6.45) is 6.56. The van der Waals surface area contributed by atoms with Crippen molar-refractivity contribution in [3.63, 3.8) is 0 Å². The number of carbonyl (C=O) groups excluding carboxylic acids is 1. The lowest BCUT2D eigenvalue weighted by molar-refractivity contribution is -0.122. The molecule has 1 fully saturated rings. The quantitative estimate of drug-likeness (QED) is 0.915. The van der Waals surface area contributed by atoms with Crippen LogP contribution in [0.25, 0.3) is 5.69 Å². The molecule has 132 valence electrons. The Hall–Kier alpha value is -2.17. The van der Waals surface area contributed by atoms with Crippen LogP contribution in [-0.2, 0) is 11.2 Å². The maximum Gasteiger partial charge on any atom is 0.220 e. The van der Waals surface area contributed by atoms with Crippen LogP contribution in [0, 0.1) is 17.2 Å². The van der Waals surface area contributed by atoms with E-state index >= 15 is 0 Å². The molecular weight excluding hydrogens is 317 g/mol. The van der Waals surface area contributed by atoms with Gasteiger partial charge in [0.25, 0.3) is 0 Å². The first kappa shape index (κ1) is 16.3. The Morgan fingerprint density at radius 3 is 2.92 bits per heavy atom. The summed E-state index contributed by atoms with van der Waals surface area (Å²) in [5, 5.41) is 7.72. The van der Waals surface area contributed by atoms with Crippen LogP contribution < -0.4 is 5.32 Å². The fraction of sp³-hybridized carbons (Fsp3) is 0.500. The van der Waals surface area contributed by atoms with Crippen molar-refractivity contribution in [3.8, 4) is 5.69 Å². The second kappa shape index (κ2) is 5.97. The summed E-state index contributed by atoms with van der Waals surface area (Å²) in [6.45, 7) is 4.41. The lowest BCUT2D eigenvalue weighted by atomic mass is 9.74. The Bertz CT molecular complexity index is 807. The average Bonchev–Trinajstić information content (AvgIpc) is 3.23. The van der Waals surface area contributed by atoms with Gasteiger partial charge >= 0.3 is 0 Å². The van der Waals surface area contributed by atoms with Gasteiger partial charge in [-0.25, -0.2) is 9.07 Å². The average molecular weight is 341 g/mol. The van der Waals surface area contributed by atoms with E-state index in [0.29, 0.717) is 12.3 Å². The Morgan fingerprint density at radius 1 is 1.40 bits per heavy atom.